The second-order valence-electron chi connectivity index (χ2n) is 11.6. The van der Waals surface area contributed by atoms with Gasteiger partial charge in [0.1, 0.15) is 6.04 Å². The summed E-state index contributed by atoms with van der Waals surface area (Å²) >= 11 is 1.67. The number of nitrogens with one attached hydrogen (secondary N) is 2. The van der Waals surface area contributed by atoms with Gasteiger partial charge in [-0.15, -0.1) is 11.8 Å². The number of hydrogen-bond acceptors (Lipinski definition) is 5. The zero-order chi connectivity index (χ0) is 27.1. The molecule has 4 fully saturated rings. The van der Waals surface area contributed by atoms with Gasteiger partial charge in [0.15, 0.2) is 0 Å². The molecule has 1 aliphatic carbocycles. The Kier molecular flexibility index (Phi) is 7.18. The molecule has 1 spiro atoms. The van der Waals surface area contributed by atoms with E-state index in [0.29, 0.717) is 5.69 Å². The molecule has 2 aromatic carbocycles. The lowest BCUT2D eigenvalue weighted by molar-refractivity contribution is -0.142. The van der Waals surface area contributed by atoms with Crippen LogP contribution in [0.2, 0.25) is 0 Å². The zero-order valence-electron chi connectivity index (χ0n) is 22.3. The smallest absolute Gasteiger partial charge is 0.244 e. The summed E-state index contributed by atoms with van der Waals surface area (Å²) in [6.07, 6.45) is 6.02. The van der Waals surface area contributed by atoms with E-state index in [1.807, 2.05) is 60.7 Å². The van der Waals surface area contributed by atoms with Gasteiger partial charge in [0, 0.05) is 17.0 Å². The first-order chi connectivity index (χ1) is 19.0. The van der Waals surface area contributed by atoms with Crippen LogP contribution in [0.5, 0.6) is 0 Å². The average Bonchev–Trinajstić information content (AvgIpc) is 3.55. The Morgan fingerprint density at radius 2 is 1.69 bits per heavy atom. The maximum Gasteiger partial charge on any atom is 0.244 e. The molecule has 3 amide bonds. The summed E-state index contributed by atoms with van der Waals surface area (Å²) in [7, 11) is 0. The predicted octanol–water partition coefficient (Wildman–Crippen LogP) is 4.14. The Balaban J connectivity index is 1.40. The number of fused-ring (bicyclic) bond motifs is 1. The van der Waals surface area contributed by atoms with E-state index in [2.05, 4.69) is 17.6 Å². The lowest BCUT2D eigenvalue weighted by Crippen LogP contribution is -2.58. The van der Waals surface area contributed by atoms with Gasteiger partial charge in [-0.3, -0.25) is 14.4 Å². The third kappa shape index (κ3) is 4.36. The van der Waals surface area contributed by atoms with Crippen molar-refractivity contribution in [2.45, 2.75) is 73.6 Å². The van der Waals surface area contributed by atoms with E-state index in [0.717, 1.165) is 37.7 Å². The predicted molar refractivity (Wildman–Crippen MR) is 152 cm³/mol. The molecule has 3 saturated heterocycles. The number of likely N-dealkylation sites (tertiary alicyclic amines) is 1. The van der Waals surface area contributed by atoms with Crippen molar-refractivity contribution < 1.29 is 19.5 Å². The minimum Gasteiger partial charge on any atom is -0.394 e. The van der Waals surface area contributed by atoms with Crippen LogP contribution >= 0.6 is 11.8 Å². The normalized spacial score (nSPS) is 32.6. The van der Waals surface area contributed by atoms with Gasteiger partial charge >= 0.3 is 0 Å². The SMILES string of the molecule is CC1C[C@H]2SC13C(C(=O)NC1CCCCC1)N([C@H](CO)c1ccccc1)C(=O)[C@@H]3[C@H]2C(=O)Nc1ccccc1. The maximum atomic E-state index is 14.5. The molecule has 7 atom stereocenters. The summed E-state index contributed by atoms with van der Waals surface area (Å²) in [4.78, 5) is 44.2. The third-order valence-electron chi connectivity index (χ3n) is 9.42. The number of carbonyl (C=O) groups is 3. The number of carbonyl (C=O) groups excluding carboxylic acids is 3. The van der Waals surface area contributed by atoms with Crippen LogP contribution in [0.3, 0.4) is 0 Å². The van der Waals surface area contributed by atoms with Gasteiger partial charge in [-0.25, -0.2) is 0 Å². The standard InChI is InChI=1S/C31H37N3O4S/c1-19-17-24-25(28(36)32-21-13-7-3-8-14-21)26-30(38)34(23(18-35)20-11-5-2-6-12-20)27(31(19,26)39-24)29(37)33-22-15-9-4-10-16-22/h2-3,5-8,11-14,19,22-27,35H,4,9-10,15-18H2,1H3,(H,32,36)(H,33,37)/t19?,23-,24-,25+,26+,27?,31?/m1/s1. The molecule has 2 aromatic rings. The van der Waals surface area contributed by atoms with Crippen LogP contribution < -0.4 is 10.6 Å². The number of amides is 3. The quantitative estimate of drug-likeness (QED) is 0.484. The largest absolute Gasteiger partial charge is 0.394 e. The second-order valence-corrected chi connectivity index (χ2v) is 13.2. The molecule has 3 unspecified atom stereocenters. The number of aliphatic hydroxyl groups excluding tert-OH is 1. The number of rotatable bonds is 7. The first-order valence-corrected chi connectivity index (χ1v) is 15.2. The van der Waals surface area contributed by atoms with Crippen molar-refractivity contribution in [3.05, 3.63) is 66.2 Å². The third-order valence-corrected chi connectivity index (χ3v) is 11.5. The average molecular weight is 548 g/mol. The number of aliphatic hydroxyl groups is 1. The fourth-order valence-electron chi connectivity index (χ4n) is 7.70. The van der Waals surface area contributed by atoms with Crippen LogP contribution in [0.1, 0.15) is 57.1 Å². The summed E-state index contributed by atoms with van der Waals surface area (Å²) < 4.78 is -0.721. The van der Waals surface area contributed by atoms with Gasteiger partial charge < -0.3 is 20.6 Å². The number of thioether (sulfide) groups is 1. The fourth-order valence-corrected chi connectivity index (χ4v) is 10.1. The number of para-hydroxylation sites is 1. The van der Waals surface area contributed by atoms with Crippen molar-refractivity contribution in [1.82, 2.24) is 10.2 Å². The fraction of sp³-hybridized carbons (Fsp3) is 0.516. The lowest BCUT2D eigenvalue weighted by Gasteiger charge is -2.41. The summed E-state index contributed by atoms with van der Waals surface area (Å²) in [6, 6.07) is 17.4. The number of benzene rings is 2. The Bertz CT molecular complexity index is 1220. The van der Waals surface area contributed by atoms with Crippen LogP contribution in [0.25, 0.3) is 0 Å². The lowest BCUT2D eigenvalue weighted by atomic mass is 9.65. The monoisotopic (exact) mass is 547 g/mol. The van der Waals surface area contributed by atoms with Crippen LogP contribution in [0, 0.1) is 17.8 Å². The zero-order valence-corrected chi connectivity index (χ0v) is 23.1. The van der Waals surface area contributed by atoms with E-state index in [1.54, 1.807) is 16.7 Å². The Morgan fingerprint density at radius 1 is 1.03 bits per heavy atom. The van der Waals surface area contributed by atoms with Gasteiger partial charge in [0.25, 0.3) is 0 Å². The summed E-state index contributed by atoms with van der Waals surface area (Å²) in [5.41, 5.74) is 1.49. The summed E-state index contributed by atoms with van der Waals surface area (Å²) in [5, 5.41) is 16.9. The second kappa shape index (κ2) is 10.6. The Labute approximate surface area is 234 Å². The molecular weight excluding hydrogens is 510 g/mol. The number of hydrogen-bond donors (Lipinski definition) is 3. The molecule has 1 saturated carbocycles. The molecule has 2 bridgehead atoms. The summed E-state index contributed by atoms with van der Waals surface area (Å²) in [5.74, 6) is -1.60. The number of anilines is 1. The van der Waals surface area contributed by atoms with Gasteiger partial charge in [-0.05, 0) is 42.9 Å². The molecular formula is C31H37N3O4S. The molecule has 7 nitrogen and oxygen atoms in total. The van der Waals surface area contributed by atoms with Crippen molar-refractivity contribution in [2.75, 3.05) is 11.9 Å². The van der Waals surface area contributed by atoms with Gasteiger partial charge in [0.05, 0.1) is 29.2 Å². The van der Waals surface area contributed by atoms with Crippen molar-refractivity contribution in [2.24, 2.45) is 17.8 Å². The molecule has 39 heavy (non-hydrogen) atoms. The first kappa shape index (κ1) is 26.4. The topological polar surface area (TPSA) is 98.7 Å². The molecule has 3 heterocycles. The molecule has 0 radical (unpaired) electrons. The first-order valence-electron chi connectivity index (χ1n) is 14.3. The van der Waals surface area contributed by atoms with Crippen LogP contribution in [0.15, 0.2) is 60.7 Å². The van der Waals surface area contributed by atoms with Crippen molar-refractivity contribution >= 4 is 35.2 Å². The van der Waals surface area contributed by atoms with E-state index >= 15 is 0 Å². The number of nitrogens with zero attached hydrogens (tertiary/aromatic N) is 1. The van der Waals surface area contributed by atoms with Crippen LogP contribution in [-0.2, 0) is 14.4 Å². The maximum absolute atomic E-state index is 14.5. The van der Waals surface area contributed by atoms with E-state index in [9.17, 15) is 19.5 Å². The van der Waals surface area contributed by atoms with E-state index in [1.165, 1.54) is 6.42 Å². The Hall–Kier alpha value is -2.84. The van der Waals surface area contributed by atoms with Crippen molar-refractivity contribution in [3.8, 4) is 0 Å². The molecule has 0 aromatic heterocycles. The van der Waals surface area contributed by atoms with Crippen molar-refractivity contribution in [3.63, 3.8) is 0 Å². The molecule has 6 rings (SSSR count). The van der Waals surface area contributed by atoms with E-state index in [4.69, 9.17) is 0 Å². The molecule has 206 valence electrons. The van der Waals surface area contributed by atoms with Crippen molar-refractivity contribution in [1.29, 1.82) is 0 Å². The highest BCUT2D eigenvalue weighted by molar-refractivity contribution is 8.02. The summed E-state index contributed by atoms with van der Waals surface area (Å²) in [6.45, 7) is 1.83. The highest BCUT2D eigenvalue weighted by Crippen LogP contribution is 2.69. The highest BCUT2D eigenvalue weighted by Gasteiger charge is 2.76. The Morgan fingerprint density at radius 3 is 2.36 bits per heavy atom. The van der Waals surface area contributed by atoms with Crippen LogP contribution in [-0.4, -0.2) is 56.4 Å². The van der Waals surface area contributed by atoms with E-state index in [-0.39, 0.29) is 41.5 Å². The van der Waals surface area contributed by atoms with Crippen LogP contribution in [0.4, 0.5) is 5.69 Å². The van der Waals surface area contributed by atoms with E-state index < -0.39 is 28.7 Å². The molecule has 8 heteroatoms. The molecule has 4 aliphatic rings. The van der Waals surface area contributed by atoms with Gasteiger partial charge in [-0.1, -0.05) is 74.7 Å². The van der Waals surface area contributed by atoms with Gasteiger partial charge in [-0.2, -0.15) is 0 Å². The minimum absolute atomic E-state index is 0.0332. The highest BCUT2D eigenvalue weighted by atomic mass is 32.2. The van der Waals surface area contributed by atoms with Gasteiger partial charge in [0.2, 0.25) is 17.7 Å². The minimum atomic E-state index is -0.756. The molecule has 3 aliphatic heterocycles. The molecule has 3 N–H and O–H groups in total.